The molecule has 0 aliphatic carbocycles. The largest absolute Gasteiger partial charge is 0.311 e. The minimum Gasteiger partial charge on any atom is -0.311 e. The summed E-state index contributed by atoms with van der Waals surface area (Å²) in [5, 5.41) is 0. The van der Waals surface area contributed by atoms with Crippen LogP contribution in [0.5, 0.6) is 0 Å². The molecule has 1 fully saturated rings. The molecule has 0 aromatic heterocycles. The Morgan fingerprint density at radius 2 is 1.96 bits per heavy atom. The van der Waals surface area contributed by atoms with Crippen LogP contribution < -0.4 is 4.90 Å². The van der Waals surface area contributed by atoms with Gasteiger partial charge in [-0.05, 0) is 43.3 Å². The van der Waals surface area contributed by atoms with Gasteiger partial charge in [-0.25, -0.2) is 8.78 Å². The maximum absolute atomic E-state index is 14.0. The Bertz CT molecular complexity index is 920. The Kier molecular flexibility index (Phi) is 3.99. The molecule has 4 rings (SSSR count). The Hall–Kier alpha value is -2.41. The van der Waals surface area contributed by atoms with Crippen LogP contribution in [0.4, 0.5) is 14.5 Å². The number of anilines is 1. The molecule has 0 saturated carbocycles. The van der Waals surface area contributed by atoms with Crippen LogP contribution in [-0.4, -0.2) is 35.6 Å². The van der Waals surface area contributed by atoms with Crippen molar-refractivity contribution in [1.82, 2.24) is 4.90 Å². The van der Waals surface area contributed by atoms with Crippen LogP contribution in [0.25, 0.3) is 0 Å². The number of benzene rings is 2. The van der Waals surface area contributed by atoms with Crippen molar-refractivity contribution in [2.75, 3.05) is 23.7 Å². The molecule has 2 aromatic rings. The number of nitrogens with zero attached hydrogens (tertiary/aromatic N) is 2. The zero-order valence-corrected chi connectivity index (χ0v) is 14.9. The minimum absolute atomic E-state index is 0.174. The normalized spacial score (nSPS) is 21.6. The smallest absolute Gasteiger partial charge is 0.268 e. The monoisotopic (exact) mass is 374 g/mol. The predicted octanol–water partition coefficient (Wildman–Crippen LogP) is 3.37. The summed E-state index contributed by atoms with van der Waals surface area (Å²) in [5.41, 5.74) is 1.27. The molecule has 7 heteroatoms. The second-order valence-electron chi connectivity index (χ2n) is 6.17. The summed E-state index contributed by atoms with van der Waals surface area (Å²) < 4.78 is 27.5. The Labute approximate surface area is 153 Å². The molecule has 2 aliphatic heterocycles. The van der Waals surface area contributed by atoms with Gasteiger partial charge in [-0.2, -0.15) is 0 Å². The summed E-state index contributed by atoms with van der Waals surface area (Å²) in [6.45, 7) is 2.59. The van der Waals surface area contributed by atoms with Crippen molar-refractivity contribution in [2.45, 2.75) is 11.8 Å². The highest BCUT2D eigenvalue weighted by Crippen LogP contribution is 2.54. The number of thioether (sulfide) groups is 1. The van der Waals surface area contributed by atoms with E-state index in [1.54, 1.807) is 11.0 Å². The second-order valence-corrected chi connectivity index (χ2v) is 7.46. The number of halogens is 2. The fourth-order valence-corrected chi connectivity index (χ4v) is 5.13. The van der Waals surface area contributed by atoms with Crippen molar-refractivity contribution in [3.8, 4) is 0 Å². The van der Waals surface area contributed by atoms with E-state index < -0.39 is 22.4 Å². The lowest BCUT2D eigenvalue weighted by Crippen LogP contribution is -2.50. The first-order chi connectivity index (χ1) is 12.5. The van der Waals surface area contributed by atoms with E-state index in [4.69, 9.17) is 0 Å². The maximum atomic E-state index is 14.0. The van der Waals surface area contributed by atoms with Gasteiger partial charge in [0.1, 0.15) is 11.6 Å². The lowest BCUT2D eigenvalue weighted by molar-refractivity contribution is -0.123. The fraction of sp³-hybridized carbons (Fsp3) is 0.263. The van der Waals surface area contributed by atoms with E-state index in [0.717, 1.165) is 6.07 Å². The van der Waals surface area contributed by atoms with Gasteiger partial charge in [0, 0.05) is 30.0 Å². The number of likely N-dealkylation sites (N-methyl/N-ethyl adjacent to an activating group) is 1. The summed E-state index contributed by atoms with van der Waals surface area (Å²) in [4.78, 5) is 28.1. The fourth-order valence-electron chi connectivity index (χ4n) is 3.68. The van der Waals surface area contributed by atoms with Gasteiger partial charge in [0.05, 0.1) is 5.69 Å². The summed E-state index contributed by atoms with van der Waals surface area (Å²) in [6, 6.07) is 9.61. The molecule has 0 N–H and O–H groups in total. The molecule has 1 spiro atoms. The van der Waals surface area contributed by atoms with Crippen molar-refractivity contribution in [1.29, 1.82) is 0 Å². The number of hydrogen-bond donors (Lipinski definition) is 0. The predicted molar refractivity (Wildman–Crippen MR) is 96.0 cm³/mol. The molecule has 2 heterocycles. The number of carbonyl (C=O) groups excluding carboxylic acids is 2. The first-order valence-electron chi connectivity index (χ1n) is 8.32. The maximum Gasteiger partial charge on any atom is 0.268 e. The van der Waals surface area contributed by atoms with Gasteiger partial charge < -0.3 is 9.80 Å². The number of rotatable bonds is 2. The molecular formula is C19H16F2N2O2S. The molecule has 4 nitrogen and oxygen atoms in total. The van der Waals surface area contributed by atoms with Crippen LogP contribution in [0.1, 0.15) is 22.8 Å². The second kappa shape index (κ2) is 6.09. The standard InChI is InChI=1S/C19H16F2N2O2S/c1-2-22-16-7-6-14(21)11-15(16)19(18(22)25)23(8-9-26-19)17(24)12-4-3-5-13(20)10-12/h3-7,10-11H,2,8-9H2,1H3/t19-/m0/s1. The van der Waals surface area contributed by atoms with E-state index in [-0.39, 0.29) is 11.5 Å². The Morgan fingerprint density at radius 1 is 1.19 bits per heavy atom. The molecule has 134 valence electrons. The van der Waals surface area contributed by atoms with Crippen LogP contribution in [0.3, 0.4) is 0 Å². The van der Waals surface area contributed by atoms with E-state index in [1.165, 1.54) is 47.0 Å². The van der Waals surface area contributed by atoms with Crippen molar-refractivity contribution < 1.29 is 18.4 Å². The zero-order chi connectivity index (χ0) is 18.5. The minimum atomic E-state index is -1.29. The summed E-state index contributed by atoms with van der Waals surface area (Å²) in [6.07, 6.45) is 0. The molecule has 0 bridgehead atoms. The molecule has 0 radical (unpaired) electrons. The van der Waals surface area contributed by atoms with Crippen LogP contribution >= 0.6 is 11.8 Å². The van der Waals surface area contributed by atoms with Crippen LogP contribution in [0, 0.1) is 11.6 Å². The summed E-state index contributed by atoms with van der Waals surface area (Å²) >= 11 is 1.32. The highest BCUT2D eigenvalue weighted by molar-refractivity contribution is 8.01. The number of amides is 2. The lowest BCUT2D eigenvalue weighted by Gasteiger charge is -2.33. The third kappa shape index (κ3) is 2.26. The molecule has 1 atom stereocenters. The topological polar surface area (TPSA) is 40.6 Å². The highest BCUT2D eigenvalue weighted by atomic mass is 32.2. The number of carbonyl (C=O) groups is 2. The summed E-state index contributed by atoms with van der Waals surface area (Å²) in [7, 11) is 0. The van der Waals surface area contributed by atoms with E-state index in [2.05, 4.69) is 0 Å². The lowest BCUT2D eigenvalue weighted by atomic mass is 10.0. The zero-order valence-electron chi connectivity index (χ0n) is 14.0. The van der Waals surface area contributed by atoms with Gasteiger partial charge in [0.15, 0.2) is 4.87 Å². The number of hydrogen-bond acceptors (Lipinski definition) is 3. The van der Waals surface area contributed by atoms with Crippen molar-refractivity contribution >= 4 is 29.3 Å². The molecule has 2 aromatic carbocycles. The molecule has 1 saturated heterocycles. The van der Waals surface area contributed by atoms with Crippen LogP contribution in [0.2, 0.25) is 0 Å². The van der Waals surface area contributed by atoms with Gasteiger partial charge in [0.25, 0.3) is 11.8 Å². The molecule has 2 aliphatic rings. The molecule has 0 unspecified atom stereocenters. The van der Waals surface area contributed by atoms with E-state index in [1.807, 2.05) is 6.92 Å². The van der Waals surface area contributed by atoms with Gasteiger partial charge in [0.2, 0.25) is 0 Å². The van der Waals surface area contributed by atoms with Gasteiger partial charge >= 0.3 is 0 Å². The first kappa shape index (κ1) is 17.0. The third-order valence-electron chi connectivity index (χ3n) is 4.79. The Morgan fingerprint density at radius 3 is 2.69 bits per heavy atom. The van der Waals surface area contributed by atoms with Crippen molar-refractivity contribution in [3.05, 3.63) is 65.2 Å². The van der Waals surface area contributed by atoms with Gasteiger partial charge in [-0.15, -0.1) is 11.8 Å². The number of fused-ring (bicyclic) bond motifs is 2. The Balaban J connectivity index is 1.86. The summed E-state index contributed by atoms with van der Waals surface area (Å²) in [5.74, 6) is -1.13. The van der Waals surface area contributed by atoms with Crippen LogP contribution in [-0.2, 0) is 9.67 Å². The average molecular weight is 374 g/mol. The molecule has 26 heavy (non-hydrogen) atoms. The quantitative estimate of drug-likeness (QED) is 0.809. The molecule has 2 amide bonds. The van der Waals surface area contributed by atoms with Crippen molar-refractivity contribution in [2.24, 2.45) is 0 Å². The highest BCUT2D eigenvalue weighted by Gasteiger charge is 2.59. The average Bonchev–Trinajstić information content (AvgIpc) is 3.17. The van der Waals surface area contributed by atoms with E-state index in [0.29, 0.717) is 30.1 Å². The first-order valence-corrected chi connectivity index (χ1v) is 9.31. The van der Waals surface area contributed by atoms with Crippen molar-refractivity contribution in [3.63, 3.8) is 0 Å². The van der Waals surface area contributed by atoms with Crippen LogP contribution in [0.15, 0.2) is 42.5 Å². The SMILES string of the molecule is CCN1C(=O)[C@@]2(SCCN2C(=O)c2cccc(F)c2)c2cc(F)ccc21. The van der Waals surface area contributed by atoms with E-state index >= 15 is 0 Å². The van der Waals surface area contributed by atoms with E-state index in [9.17, 15) is 18.4 Å². The third-order valence-corrected chi connectivity index (χ3v) is 6.21. The van der Waals surface area contributed by atoms with Gasteiger partial charge in [-0.1, -0.05) is 6.07 Å². The van der Waals surface area contributed by atoms with Gasteiger partial charge in [-0.3, -0.25) is 9.59 Å². The molecular weight excluding hydrogens is 358 g/mol.